The summed E-state index contributed by atoms with van der Waals surface area (Å²) in [4.78, 5) is 21.4. The monoisotopic (exact) mass is 220 g/mol. The molecule has 0 aromatic heterocycles. The van der Waals surface area contributed by atoms with Gasteiger partial charge in [0.1, 0.15) is 12.4 Å². The molecule has 3 heteroatoms. The summed E-state index contributed by atoms with van der Waals surface area (Å²) >= 11 is 0. The summed E-state index contributed by atoms with van der Waals surface area (Å²) < 4.78 is 4.87. The van der Waals surface area contributed by atoms with E-state index in [1.54, 1.807) is 6.92 Å². The molecule has 3 nitrogen and oxygen atoms in total. The summed E-state index contributed by atoms with van der Waals surface area (Å²) in [6.45, 7) is 3.29. The average Bonchev–Trinajstić information content (AvgIpc) is 2.25. The van der Waals surface area contributed by atoms with E-state index < -0.39 is 0 Å². The Morgan fingerprint density at radius 3 is 2.12 bits per heavy atom. The van der Waals surface area contributed by atoms with Gasteiger partial charge in [0.25, 0.3) is 0 Å². The van der Waals surface area contributed by atoms with E-state index in [2.05, 4.69) is 0 Å². The fourth-order valence-corrected chi connectivity index (χ4v) is 1.31. The van der Waals surface area contributed by atoms with Crippen LogP contribution in [0.25, 0.3) is 0 Å². The predicted molar refractivity (Wildman–Crippen MR) is 60.9 cm³/mol. The van der Waals surface area contributed by atoms with Crippen molar-refractivity contribution < 1.29 is 14.3 Å². The summed E-state index contributed by atoms with van der Waals surface area (Å²) in [7, 11) is 0. The van der Waals surface area contributed by atoms with Crippen molar-refractivity contribution in [2.75, 3.05) is 0 Å². The molecule has 0 heterocycles. The highest BCUT2D eigenvalue weighted by Crippen LogP contribution is 2.08. The molecule has 0 bridgehead atoms. The number of carbonyl (C=O) groups is 2. The minimum Gasteiger partial charge on any atom is -0.461 e. The van der Waals surface area contributed by atoms with Gasteiger partial charge in [0, 0.05) is 13.3 Å². The molecular formula is C13H16O3. The normalized spacial score (nSPS) is 9.88. The van der Waals surface area contributed by atoms with Crippen molar-refractivity contribution in [3.63, 3.8) is 0 Å². The lowest BCUT2D eigenvalue weighted by molar-refractivity contribution is -0.142. The van der Waals surface area contributed by atoms with Crippen molar-refractivity contribution in [1.82, 2.24) is 0 Å². The van der Waals surface area contributed by atoms with Gasteiger partial charge in [-0.15, -0.1) is 0 Å². The van der Waals surface area contributed by atoms with Crippen LogP contribution in [0.15, 0.2) is 24.3 Å². The minimum absolute atomic E-state index is 0.198. The molecule has 0 saturated heterocycles. The molecule has 0 radical (unpaired) electrons. The van der Waals surface area contributed by atoms with E-state index >= 15 is 0 Å². The molecule has 0 aliphatic carbocycles. The fourth-order valence-electron chi connectivity index (χ4n) is 1.31. The third-order valence-electron chi connectivity index (χ3n) is 2.23. The number of benzene rings is 1. The lowest BCUT2D eigenvalue weighted by Gasteiger charge is -2.03. The highest BCUT2D eigenvalue weighted by molar-refractivity contribution is 5.75. The van der Waals surface area contributed by atoms with Crippen LogP contribution in [0.5, 0.6) is 0 Å². The number of Topliss-reactive ketones (excluding diaryl/α,β-unsaturated/α-hetero) is 1. The maximum absolute atomic E-state index is 10.8. The first-order valence-electron chi connectivity index (χ1n) is 5.28. The van der Waals surface area contributed by atoms with E-state index in [1.165, 1.54) is 6.92 Å². The summed E-state index contributed by atoms with van der Waals surface area (Å²) in [6, 6.07) is 7.75. The van der Waals surface area contributed by atoms with Crippen LogP contribution in [-0.2, 0) is 27.4 Å². The molecule has 0 fully saturated rings. The molecule has 0 saturated carbocycles. The van der Waals surface area contributed by atoms with Crippen LogP contribution in [0.1, 0.15) is 31.4 Å². The summed E-state index contributed by atoms with van der Waals surface area (Å²) in [6.07, 6.45) is 1.34. The van der Waals surface area contributed by atoms with Gasteiger partial charge >= 0.3 is 5.97 Å². The second-order valence-electron chi connectivity index (χ2n) is 3.80. The number of hydrogen-bond donors (Lipinski definition) is 0. The highest BCUT2D eigenvalue weighted by Gasteiger charge is 1.99. The van der Waals surface area contributed by atoms with Crippen molar-refractivity contribution in [2.24, 2.45) is 0 Å². The molecule has 0 unspecified atom stereocenters. The SMILES string of the molecule is CC(=O)CCc1ccc(COC(C)=O)cc1. The predicted octanol–water partition coefficient (Wildman–Crippen LogP) is 2.27. The first-order valence-corrected chi connectivity index (χ1v) is 5.28. The van der Waals surface area contributed by atoms with E-state index in [4.69, 9.17) is 4.74 Å². The molecule has 1 aromatic carbocycles. The Morgan fingerprint density at radius 2 is 1.62 bits per heavy atom. The number of carbonyl (C=O) groups excluding carboxylic acids is 2. The molecular weight excluding hydrogens is 204 g/mol. The number of rotatable bonds is 5. The Balaban J connectivity index is 2.47. The number of esters is 1. The van der Waals surface area contributed by atoms with Crippen LogP contribution >= 0.6 is 0 Å². The maximum atomic E-state index is 10.8. The topological polar surface area (TPSA) is 43.4 Å². The molecule has 0 aliphatic rings. The lowest BCUT2D eigenvalue weighted by Crippen LogP contribution is -1.99. The number of aryl methyl sites for hydroxylation is 1. The third-order valence-corrected chi connectivity index (χ3v) is 2.23. The number of ether oxygens (including phenoxy) is 1. The van der Waals surface area contributed by atoms with Gasteiger partial charge in [0.2, 0.25) is 0 Å². The van der Waals surface area contributed by atoms with Crippen molar-refractivity contribution >= 4 is 11.8 Å². The highest BCUT2D eigenvalue weighted by atomic mass is 16.5. The molecule has 16 heavy (non-hydrogen) atoms. The zero-order chi connectivity index (χ0) is 12.0. The Morgan fingerprint density at radius 1 is 1.06 bits per heavy atom. The summed E-state index contributed by atoms with van der Waals surface area (Å²) in [5.74, 6) is -0.0790. The first kappa shape index (κ1) is 12.4. The summed E-state index contributed by atoms with van der Waals surface area (Å²) in [5.41, 5.74) is 2.09. The molecule has 0 spiro atoms. The van der Waals surface area contributed by atoms with E-state index in [0.717, 1.165) is 17.5 Å². The van der Waals surface area contributed by atoms with Gasteiger partial charge in [-0.05, 0) is 24.5 Å². The Hall–Kier alpha value is -1.64. The van der Waals surface area contributed by atoms with Crippen molar-refractivity contribution in [2.45, 2.75) is 33.3 Å². The van der Waals surface area contributed by atoms with Crippen molar-refractivity contribution in [3.8, 4) is 0 Å². The minimum atomic E-state index is -0.277. The molecule has 1 aromatic rings. The van der Waals surface area contributed by atoms with Crippen molar-refractivity contribution in [1.29, 1.82) is 0 Å². The number of hydrogen-bond acceptors (Lipinski definition) is 3. The van der Waals surface area contributed by atoms with Crippen molar-refractivity contribution in [3.05, 3.63) is 35.4 Å². The molecule has 0 atom stereocenters. The van der Waals surface area contributed by atoms with Gasteiger partial charge in [0.05, 0.1) is 0 Å². The smallest absolute Gasteiger partial charge is 0.302 e. The van der Waals surface area contributed by atoms with Crippen LogP contribution in [0, 0.1) is 0 Å². The maximum Gasteiger partial charge on any atom is 0.302 e. The van der Waals surface area contributed by atoms with Crippen LogP contribution in [-0.4, -0.2) is 11.8 Å². The van der Waals surface area contributed by atoms with Gasteiger partial charge in [-0.1, -0.05) is 24.3 Å². The molecule has 0 aliphatic heterocycles. The standard InChI is InChI=1S/C13H16O3/c1-10(14)3-4-12-5-7-13(8-6-12)9-16-11(2)15/h5-8H,3-4,9H2,1-2H3. The second-order valence-corrected chi connectivity index (χ2v) is 3.80. The van der Waals surface area contributed by atoms with Crippen LogP contribution < -0.4 is 0 Å². The Kier molecular flexibility index (Phi) is 4.70. The molecule has 1 rings (SSSR count). The van der Waals surface area contributed by atoms with Gasteiger partial charge in [-0.2, -0.15) is 0 Å². The Bertz CT molecular complexity index is 328. The molecule has 0 N–H and O–H groups in total. The lowest BCUT2D eigenvalue weighted by atomic mass is 10.1. The van der Waals surface area contributed by atoms with E-state index in [0.29, 0.717) is 13.0 Å². The largest absolute Gasteiger partial charge is 0.461 e. The first-order chi connectivity index (χ1) is 7.58. The molecule has 86 valence electrons. The van der Waals surface area contributed by atoms with Gasteiger partial charge in [-0.25, -0.2) is 0 Å². The van der Waals surface area contributed by atoms with Crippen LogP contribution in [0.3, 0.4) is 0 Å². The summed E-state index contributed by atoms with van der Waals surface area (Å²) in [5, 5.41) is 0. The van der Waals surface area contributed by atoms with Crippen LogP contribution in [0.4, 0.5) is 0 Å². The molecule has 0 amide bonds. The average molecular weight is 220 g/mol. The van der Waals surface area contributed by atoms with E-state index in [-0.39, 0.29) is 11.8 Å². The van der Waals surface area contributed by atoms with E-state index in [9.17, 15) is 9.59 Å². The van der Waals surface area contributed by atoms with Gasteiger partial charge in [0.15, 0.2) is 0 Å². The fraction of sp³-hybridized carbons (Fsp3) is 0.385. The van der Waals surface area contributed by atoms with E-state index in [1.807, 2.05) is 24.3 Å². The van der Waals surface area contributed by atoms with Gasteiger partial charge < -0.3 is 9.53 Å². The number of ketones is 1. The second kappa shape index (κ2) is 6.05. The zero-order valence-electron chi connectivity index (χ0n) is 9.66. The Labute approximate surface area is 95.4 Å². The van der Waals surface area contributed by atoms with Gasteiger partial charge in [-0.3, -0.25) is 4.79 Å². The van der Waals surface area contributed by atoms with Crippen LogP contribution in [0.2, 0.25) is 0 Å². The quantitative estimate of drug-likeness (QED) is 0.715. The third kappa shape index (κ3) is 4.73. The zero-order valence-corrected chi connectivity index (χ0v) is 9.66.